The van der Waals surface area contributed by atoms with E-state index >= 15 is 0 Å². The molecule has 0 fully saturated rings. The zero-order chi connectivity index (χ0) is 21.1. The maximum atomic E-state index is 13.1. The Labute approximate surface area is 179 Å². The number of hydrogen-bond donors (Lipinski definition) is 1. The lowest BCUT2D eigenvalue weighted by atomic mass is 10.1. The first-order valence-corrected chi connectivity index (χ1v) is 10.1. The molecule has 0 spiro atoms. The van der Waals surface area contributed by atoms with Crippen molar-refractivity contribution in [3.63, 3.8) is 0 Å². The first-order valence-electron chi connectivity index (χ1n) is 9.33. The Morgan fingerprint density at radius 1 is 1.03 bits per heavy atom. The molecular formula is C23H24BrN3O2. The maximum Gasteiger partial charge on any atom is 0.255 e. The van der Waals surface area contributed by atoms with Crippen LogP contribution in [0.3, 0.4) is 0 Å². The Hall–Kier alpha value is -2.86. The average molecular weight is 454 g/mol. The van der Waals surface area contributed by atoms with Gasteiger partial charge in [-0.15, -0.1) is 0 Å². The van der Waals surface area contributed by atoms with Gasteiger partial charge in [-0.25, -0.2) is 0 Å². The van der Waals surface area contributed by atoms with Crippen LogP contribution in [0, 0.1) is 13.8 Å². The van der Waals surface area contributed by atoms with E-state index in [0.717, 1.165) is 27.1 Å². The Morgan fingerprint density at radius 3 is 2.24 bits per heavy atom. The molecule has 1 heterocycles. The summed E-state index contributed by atoms with van der Waals surface area (Å²) in [4.78, 5) is 26.4. The lowest BCUT2D eigenvalue weighted by Gasteiger charge is -2.18. The van der Waals surface area contributed by atoms with Crippen molar-refractivity contribution in [2.45, 2.75) is 20.4 Å². The molecular weight excluding hydrogens is 430 g/mol. The van der Waals surface area contributed by atoms with Crippen LogP contribution in [0.4, 0.5) is 0 Å². The van der Waals surface area contributed by atoms with Gasteiger partial charge >= 0.3 is 0 Å². The molecule has 0 unspecified atom stereocenters. The maximum absolute atomic E-state index is 13.1. The second-order valence-corrected chi connectivity index (χ2v) is 7.95. The molecule has 3 aromatic rings. The summed E-state index contributed by atoms with van der Waals surface area (Å²) >= 11 is 3.46. The molecule has 0 aliphatic heterocycles. The van der Waals surface area contributed by atoms with Gasteiger partial charge in [0.15, 0.2) is 0 Å². The van der Waals surface area contributed by atoms with Crippen molar-refractivity contribution < 1.29 is 9.59 Å². The molecule has 0 atom stereocenters. The van der Waals surface area contributed by atoms with Crippen LogP contribution in [0.15, 0.2) is 59.1 Å². The van der Waals surface area contributed by atoms with Crippen molar-refractivity contribution >= 4 is 27.7 Å². The van der Waals surface area contributed by atoms with E-state index in [1.54, 1.807) is 31.1 Å². The van der Waals surface area contributed by atoms with Gasteiger partial charge in [0.2, 0.25) is 0 Å². The average Bonchev–Trinajstić information content (AvgIpc) is 3.02. The largest absolute Gasteiger partial charge is 0.355 e. The molecule has 0 saturated carbocycles. The molecule has 2 amide bonds. The molecule has 0 bridgehead atoms. The van der Waals surface area contributed by atoms with E-state index in [0.29, 0.717) is 17.7 Å². The summed E-state index contributed by atoms with van der Waals surface area (Å²) in [5.41, 5.74) is 5.20. The fraction of sp³-hybridized carbons (Fsp3) is 0.217. The Kier molecular flexibility index (Phi) is 6.23. The summed E-state index contributed by atoms with van der Waals surface area (Å²) < 4.78 is 3.10. The van der Waals surface area contributed by atoms with Gasteiger partial charge in [-0.1, -0.05) is 28.1 Å². The van der Waals surface area contributed by atoms with Crippen molar-refractivity contribution in [2.75, 3.05) is 14.1 Å². The molecule has 0 aliphatic rings. The van der Waals surface area contributed by atoms with Crippen LogP contribution in [0.5, 0.6) is 0 Å². The second-order valence-electron chi connectivity index (χ2n) is 7.03. The number of carbonyl (C=O) groups excluding carboxylic acids is 2. The van der Waals surface area contributed by atoms with Crippen molar-refractivity contribution in [3.05, 3.63) is 87.1 Å². The highest BCUT2D eigenvalue weighted by atomic mass is 79.9. The number of aryl methyl sites for hydroxylation is 1. The van der Waals surface area contributed by atoms with Gasteiger partial charge in [0, 0.05) is 47.8 Å². The van der Waals surface area contributed by atoms with E-state index in [1.807, 2.05) is 56.3 Å². The highest BCUT2D eigenvalue weighted by Gasteiger charge is 2.20. The summed E-state index contributed by atoms with van der Waals surface area (Å²) in [6.07, 6.45) is 0. The van der Waals surface area contributed by atoms with Gasteiger partial charge < -0.3 is 14.8 Å². The minimum Gasteiger partial charge on any atom is -0.355 e. The monoisotopic (exact) mass is 453 g/mol. The number of aromatic nitrogens is 1. The first kappa shape index (κ1) is 20.9. The second kappa shape index (κ2) is 8.66. The third kappa shape index (κ3) is 4.43. The molecule has 0 saturated heterocycles. The number of rotatable bonds is 5. The molecule has 5 nitrogen and oxygen atoms in total. The molecule has 150 valence electrons. The van der Waals surface area contributed by atoms with E-state index in [9.17, 15) is 9.59 Å². The molecule has 3 rings (SSSR count). The zero-order valence-corrected chi connectivity index (χ0v) is 18.6. The fourth-order valence-electron chi connectivity index (χ4n) is 3.42. The van der Waals surface area contributed by atoms with E-state index in [4.69, 9.17) is 0 Å². The van der Waals surface area contributed by atoms with Crippen LogP contribution in [-0.4, -0.2) is 35.4 Å². The van der Waals surface area contributed by atoms with E-state index < -0.39 is 0 Å². The predicted octanol–water partition coefficient (Wildman–Crippen LogP) is 4.49. The minimum absolute atomic E-state index is 0.0307. The highest BCUT2D eigenvalue weighted by Crippen LogP contribution is 2.23. The molecule has 2 aromatic carbocycles. The van der Waals surface area contributed by atoms with Crippen molar-refractivity contribution in [2.24, 2.45) is 0 Å². The minimum atomic E-state index is -0.124. The first-order chi connectivity index (χ1) is 13.8. The lowest BCUT2D eigenvalue weighted by molar-refractivity contribution is 0.0784. The van der Waals surface area contributed by atoms with Crippen LogP contribution >= 0.6 is 15.9 Å². The molecule has 0 aliphatic carbocycles. The lowest BCUT2D eigenvalue weighted by Crippen LogP contribution is -2.26. The summed E-state index contributed by atoms with van der Waals surface area (Å²) in [5.74, 6) is -0.154. The predicted molar refractivity (Wildman–Crippen MR) is 119 cm³/mol. The number of amides is 2. The Morgan fingerprint density at radius 2 is 1.66 bits per heavy atom. The highest BCUT2D eigenvalue weighted by molar-refractivity contribution is 9.10. The molecule has 29 heavy (non-hydrogen) atoms. The van der Waals surface area contributed by atoms with E-state index in [2.05, 4.69) is 25.8 Å². The molecule has 1 N–H and O–H groups in total. The summed E-state index contributed by atoms with van der Waals surface area (Å²) in [5, 5.41) is 2.60. The number of nitrogens with one attached hydrogen (secondary N) is 1. The molecule has 6 heteroatoms. The van der Waals surface area contributed by atoms with Crippen LogP contribution < -0.4 is 5.32 Å². The standard InChI is InChI=1S/C23H24BrN3O2/c1-15-13-21(16(2)27(15)20-11-9-19(24)10-12-20)23(29)26(4)14-17-5-7-18(8-6-17)22(28)25-3/h5-13H,14H2,1-4H3,(H,25,28). The number of hydrogen-bond acceptors (Lipinski definition) is 2. The van der Waals surface area contributed by atoms with Crippen LogP contribution in [0.2, 0.25) is 0 Å². The smallest absolute Gasteiger partial charge is 0.255 e. The summed E-state index contributed by atoms with van der Waals surface area (Å²) in [7, 11) is 3.40. The SMILES string of the molecule is CNC(=O)c1ccc(CN(C)C(=O)c2cc(C)n(-c3ccc(Br)cc3)c2C)cc1. The van der Waals surface area contributed by atoms with Crippen molar-refractivity contribution in [1.29, 1.82) is 0 Å². The Bertz CT molecular complexity index is 1040. The quantitative estimate of drug-likeness (QED) is 0.618. The van der Waals surface area contributed by atoms with Gasteiger partial charge in [0.25, 0.3) is 11.8 Å². The van der Waals surface area contributed by atoms with Crippen molar-refractivity contribution in [3.8, 4) is 5.69 Å². The summed E-state index contributed by atoms with van der Waals surface area (Å²) in [6.45, 7) is 4.44. The van der Waals surface area contributed by atoms with E-state index in [1.165, 1.54) is 0 Å². The topological polar surface area (TPSA) is 54.3 Å². The number of halogens is 1. The zero-order valence-electron chi connectivity index (χ0n) is 17.0. The van der Waals surface area contributed by atoms with Gasteiger partial charge in [-0.05, 0) is 61.9 Å². The summed E-state index contributed by atoms with van der Waals surface area (Å²) in [6, 6.07) is 17.3. The van der Waals surface area contributed by atoms with Crippen LogP contribution in [0.1, 0.15) is 37.7 Å². The fourth-order valence-corrected chi connectivity index (χ4v) is 3.69. The van der Waals surface area contributed by atoms with Gasteiger partial charge in [-0.2, -0.15) is 0 Å². The molecule has 1 aromatic heterocycles. The normalized spacial score (nSPS) is 10.7. The van der Waals surface area contributed by atoms with Crippen molar-refractivity contribution in [1.82, 2.24) is 14.8 Å². The Balaban J connectivity index is 1.80. The number of benzene rings is 2. The van der Waals surface area contributed by atoms with Gasteiger partial charge in [0.1, 0.15) is 0 Å². The third-order valence-electron chi connectivity index (χ3n) is 4.96. The van der Waals surface area contributed by atoms with E-state index in [-0.39, 0.29) is 11.8 Å². The molecule has 0 radical (unpaired) electrons. The third-order valence-corrected chi connectivity index (χ3v) is 5.48. The van der Waals surface area contributed by atoms with Crippen LogP contribution in [-0.2, 0) is 6.54 Å². The number of carbonyl (C=O) groups is 2. The van der Waals surface area contributed by atoms with Gasteiger partial charge in [-0.3, -0.25) is 9.59 Å². The number of nitrogens with zero attached hydrogens (tertiary/aromatic N) is 2. The van der Waals surface area contributed by atoms with Crippen LogP contribution in [0.25, 0.3) is 5.69 Å². The van der Waals surface area contributed by atoms with Gasteiger partial charge in [0.05, 0.1) is 5.56 Å².